The maximum Gasteiger partial charge on any atom is 0.271 e. The van der Waals surface area contributed by atoms with Crippen molar-refractivity contribution in [2.45, 2.75) is 25.7 Å². The Labute approximate surface area is 123 Å². The Hall–Kier alpha value is -2.11. The molecule has 1 atom stereocenters. The van der Waals surface area contributed by atoms with Crippen molar-refractivity contribution >= 4 is 17.3 Å². The van der Waals surface area contributed by atoms with E-state index in [9.17, 15) is 14.9 Å². The Bertz CT molecular complexity index is 575. The lowest BCUT2D eigenvalue weighted by molar-refractivity contribution is -0.384. The number of nitro benzene ring substituents is 1. The Morgan fingerprint density at radius 2 is 2.14 bits per heavy atom. The van der Waals surface area contributed by atoms with Crippen LogP contribution in [-0.2, 0) is 4.79 Å². The number of benzene rings is 1. The summed E-state index contributed by atoms with van der Waals surface area (Å²) in [6, 6.07) is 6.66. The number of carbonyl (C=O) groups is 1. The summed E-state index contributed by atoms with van der Waals surface area (Å²) >= 11 is 0. The van der Waals surface area contributed by atoms with Crippen molar-refractivity contribution in [3.8, 4) is 0 Å². The predicted octanol–water partition coefficient (Wildman–Crippen LogP) is 2.09. The number of amides is 1. The standard InChI is InChI=1S/C15H19N3O3/c19-14-15(6-1-2-8-16-14)7-9-17(11-15)12-4-3-5-13(10-12)18(20)21/h3-5,10H,1-2,6-9,11H2,(H,16,19). The van der Waals surface area contributed by atoms with E-state index in [1.54, 1.807) is 12.1 Å². The average molecular weight is 289 g/mol. The van der Waals surface area contributed by atoms with Gasteiger partial charge in [-0.3, -0.25) is 14.9 Å². The minimum absolute atomic E-state index is 0.0961. The minimum Gasteiger partial charge on any atom is -0.370 e. The first-order valence-electron chi connectivity index (χ1n) is 7.38. The molecule has 6 heteroatoms. The van der Waals surface area contributed by atoms with Crippen LogP contribution in [0.4, 0.5) is 11.4 Å². The molecule has 0 radical (unpaired) electrons. The van der Waals surface area contributed by atoms with E-state index in [2.05, 4.69) is 10.2 Å². The number of hydrogen-bond donors (Lipinski definition) is 1. The molecule has 0 bridgehead atoms. The van der Waals surface area contributed by atoms with Crippen LogP contribution in [0.5, 0.6) is 0 Å². The topological polar surface area (TPSA) is 75.5 Å². The van der Waals surface area contributed by atoms with Crippen molar-refractivity contribution < 1.29 is 9.72 Å². The highest BCUT2D eigenvalue weighted by molar-refractivity contribution is 5.84. The Kier molecular flexibility index (Phi) is 3.53. The number of nitro groups is 1. The maximum absolute atomic E-state index is 12.3. The van der Waals surface area contributed by atoms with Gasteiger partial charge >= 0.3 is 0 Å². The molecule has 1 N–H and O–H groups in total. The molecule has 0 saturated carbocycles. The molecule has 1 aromatic carbocycles. The summed E-state index contributed by atoms with van der Waals surface area (Å²) in [4.78, 5) is 24.9. The fraction of sp³-hybridized carbons (Fsp3) is 0.533. The van der Waals surface area contributed by atoms with Gasteiger partial charge < -0.3 is 10.2 Å². The summed E-state index contributed by atoms with van der Waals surface area (Å²) in [5.74, 6) is 0.146. The van der Waals surface area contributed by atoms with Gasteiger partial charge in [0.05, 0.1) is 10.3 Å². The van der Waals surface area contributed by atoms with Gasteiger partial charge in [-0.2, -0.15) is 0 Å². The van der Waals surface area contributed by atoms with Gasteiger partial charge in [-0.15, -0.1) is 0 Å². The summed E-state index contributed by atoms with van der Waals surface area (Å²) in [6.07, 6.45) is 3.82. The normalized spacial score (nSPS) is 25.7. The quantitative estimate of drug-likeness (QED) is 0.668. The van der Waals surface area contributed by atoms with Crippen molar-refractivity contribution in [3.63, 3.8) is 0 Å². The third-order valence-corrected chi connectivity index (χ3v) is 4.61. The molecule has 1 unspecified atom stereocenters. The lowest BCUT2D eigenvalue weighted by Crippen LogP contribution is -2.41. The van der Waals surface area contributed by atoms with Gasteiger partial charge in [-0.25, -0.2) is 0 Å². The third kappa shape index (κ3) is 2.57. The highest BCUT2D eigenvalue weighted by atomic mass is 16.6. The van der Waals surface area contributed by atoms with Gasteiger partial charge in [0.2, 0.25) is 5.91 Å². The summed E-state index contributed by atoms with van der Waals surface area (Å²) in [6.45, 7) is 2.19. The molecule has 3 rings (SSSR count). The zero-order valence-corrected chi connectivity index (χ0v) is 11.9. The Morgan fingerprint density at radius 1 is 1.29 bits per heavy atom. The van der Waals surface area contributed by atoms with Gasteiger partial charge in [-0.05, 0) is 25.3 Å². The van der Waals surface area contributed by atoms with E-state index in [0.29, 0.717) is 6.54 Å². The number of non-ortho nitro benzene ring substituents is 1. The van der Waals surface area contributed by atoms with Gasteiger partial charge in [0.15, 0.2) is 0 Å². The molecule has 21 heavy (non-hydrogen) atoms. The molecule has 1 amide bonds. The molecule has 6 nitrogen and oxygen atoms in total. The first-order valence-corrected chi connectivity index (χ1v) is 7.38. The second-order valence-corrected chi connectivity index (χ2v) is 5.94. The van der Waals surface area contributed by atoms with Crippen LogP contribution in [0.25, 0.3) is 0 Å². The van der Waals surface area contributed by atoms with Crippen molar-refractivity contribution in [2.75, 3.05) is 24.5 Å². The third-order valence-electron chi connectivity index (χ3n) is 4.61. The summed E-state index contributed by atoms with van der Waals surface area (Å²) in [7, 11) is 0. The van der Waals surface area contributed by atoms with Crippen LogP contribution in [0.2, 0.25) is 0 Å². The Balaban J connectivity index is 1.81. The predicted molar refractivity (Wildman–Crippen MR) is 79.2 cm³/mol. The first-order chi connectivity index (χ1) is 10.1. The van der Waals surface area contributed by atoms with Crippen LogP contribution in [0.15, 0.2) is 24.3 Å². The van der Waals surface area contributed by atoms with E-state index in [-0.39, 0.29) is 21.9 Å². The van der Waals surface area contributed by atoms with E-state index in [1.165, 1.54) is 6.07 Å². The lowest BCUT2D eigenvalue weighted by atomic mass is 9.82. The van der Waals surface area contributed by atoms with Gasteiger partial charge in [-0.1, -0.05) is 12.5 Å². The number of nitrogens with one attached hydrogen (secondary N) is 1. The van der Waals surface area contributed by atoms with Crippen molar-refractivity contribution in [1.29, 1.82) is 0 Å². The van der Waals surface area contributed by atoms with Crippen molar-refractivity contribution in [3.05, 3.63) is 34.4 Å². The fourth-order valence-electron chi connectivity index (χ4n) is 3.38. The smallest absolute Gasteiger partial charge is 0.271 e. The minimum atomic E-state index is -0.381. The molecule has 1 spiro atoms. The molecule has 1 aromatic rings. The molecule has 0 aliphatic carbocycles. The zero-order chi connectivity index (χ0) is 14.9. The fourth-order valence-corrected chi connectivity index (χ4v) is 3.38. The second kappa shape index (κ2) is 5.35. The monoisotopic (exact) mass is 289 g/mol. The van der Waals surface area contributed by atoms with E-state index >= 15 is 0 Å². The van der Waals surface area contributed by atoms with Crippen LogP contribution in [-0.4, -0.2) is 30.5 Å². The highest BCUT2D eigenvalue weighted by Gasteiger charge is 2.44. The molecule has 2 fully saturated rings. The summed E-state index contributed by atoms with van der Waals surface area (Å²) in [5, 5.41) is 13.9. The zero-order valence-electron chi connectivity index (χ0n) is 11.9. The molecule has 2 saturated heterocycles. The van der Waals surface area contributed by atoms with Crippen LogP contribution < -0.4 is 10.2 Å². The van der Waals surface area contributed by atoms with E-state index < -0.39 is 0 Å². The van der Waals surface area contributed by atoms with Crippen molar-refractivity contribution in [2.24, 2.45) is 5.41 Å². The molecule has 2 heterocycles. The number of nitrogens with zero attached hydrogens (tertiary/aromatic N) is 2. The molecule has 112 valence electrons. The molecular weight excluding hydrogens is 270 g/mol. The lowest BCUT2D eigenvalue weighted by Gasteiger charge is -2.26. The number of carbonyl (C=O) groups excluding carboxylic acids is 1. The van der Waals surface area contributed by atoms with E-state index in [0.717, 1.165) is 44.5 Å². The number of rotatable bonds is 2. The second-order valence-electron chi connectivity index (χ2n) is 5.94. The van der Waals surface area contributed by atoms with Crippen LogP contribution >= 0.6 is 0 Å². The van der Waals surface area contributed by atoms with Gasteiger partial charge in [0.1, 0.15) is 0 Å². The molecule has 2 aliphatic rings. The molecule has 2 aliphatic heterocycles. The molecular formula is C15H19N3O3. The molecule has 0 aromatic heterocycles. The average Bonchev–Trinajstić information content (AvgIpc) is 2.84. The van der Waals surface area contributed by atoms with Gasteiger partial charge in [0.25, 0.3) is 5.69 Å². The highest BCUT2D eigenvalue weighted by Crippen LogP contribution is 2.39. The summed E-state index contributed by atoms with van der Waals surface area (Å²) < 4.78 is 0. The van der Waals surface area contributed by atoms with Crippen LogP contribution in [0, 0.1) is 15.5 Å². The largest absolute Gasteiger partial charge is 0.370 e. The summed E-state index contributed by atoms with van der Waals surface area (Å²) in [5.41, 5.74) is 0.609. The van der Waals surface area contributed by atoms with Gasteiger partial charge in [0, 0.05) is 37.5 Å². The SMILES string of the molecule is O=C1NCCCCC12CCN(c1cccc([N+](=O)[O-])c1)C2. The first kappa shape index (κ1) is 13.9. The van der Waals surface area contributed by atoms with Crippen LogP contribution in [0.3, 0.4) is 0 Å². The maximum atomic E-state index is 12.3. The van der Waals surface area contributed by atoms with E-state index in [4.69, 9.17) is 0 Å². The van der Waals surface area contributed by atoms with E-state index in [1.807, 2.05) is 6.07 Å². The van der Waals surface area contributed by atoms with Crippen LogP contribution in [0.1, 0.15) is 25.7 Å². The Morgan fingerprint density at radius 3 is 2.95 bits per heavy atom. The number of anilines is 1. The number of hydrogen-bond acceptors (Lipinski definition) is 4. The van der Waals surface area contributed by atoms with Crippen molar-refractivity contribution in [1.82, 2.24) is 5.32 Å².